The largest absolute Gasteiger partial charge is 0.496 e. The molecule has 0 aliphatic heterocycles. The van der Waals surface area contributed by atoms with E-state index in [9.17, 15) is 0 Å². The van der Waals surface area contributed by atoms with Crippen molar-refractivity contribution in [3.63, 3.8) is 0 Å². The van der Waals surface area contributed by atoms with Crippen LogP contribution in [0.15, 0.2) is 29.4 Å². The molecule has 0 amide bonds. The Morgan fingerprint density at radius 1 is 1.38 bits per heavy atom. The minimum absolute atomic E-state index is 0.331. The molecule has 1 aliphatic carbocycles. The molecule has 0 N–H and O–H groups in total. The first-order valence-electron chi connectivity index (χ1n) is 6.56. The van der Waals surface area contributed by atoms with Gasteiger partial charge >= 0.3 is 0 Å². The highest BCUT2D eigenvalue weighted by Gasteiger charge is 2.51. The third kappa shape index (κ3) is 3.00. The lowest BCUT2D eigenvalue weighted by atomic mass is 10.2. The summed E-state index contributed by atoms with van der Waals surface area (Å²) in [6.07, 6.45) is 0.848. The summed E-state index contributed by atoms with van der Waals surface area (Å²) in [5.41, 5.74) is 0.928. The first-order valence-corrected chi connectivity index (χ1v) is 8.30. The van der Waals surface area contributed by atoms with Crippen LogP contribution in [0.2, 0.25) is 0 Å². The van der Waals surface area contributed by atoms with Crippen LogP contribution in [0.1, 0.15) is 6.42 Å². The predicted molar refractivity (Wildman–Crippen MR) is 86.3 cm³/mol. The monoisotopic (exact) mass is 343 g/mol. The number of hydrogen-bond acceptors (Lipinski definition) is 4. The Kier molecular flexibility index (Phi) is 4.08. The van der Waals surface area contributed by atoms with Gasteiger partial charge in [-0.1, -0.05) is 23.9 Å². The summed E-state index contributed by atoms with van der Waals surface area (Å²) >= 11 is 13.7. The second-order valence-corrected chi connectivity index (χ2v) is 7.57. The van der Waals surface area contributed by atoms with E-state index in [1.165, 1.54) is 0 Å². The van der Waals surface area contributed by atoms with Gasteiger partial charge in [-0.25, -0.2) is 0 Å². The van der Waals surface area contributed by atoms with Crippen molar-refractivity contribution < 1.29 is 4.74 Å². The van der Waals surface area contributed by atoms with Gasteiger partial charge in [0, 0.05) is 18.7 Å². The number of ether oxygens (including phenoxy) is 1. The van der Waals surface area contributed by atoms with Gasteiger partial charge < -0.3 is 9.30 Å². The van der Waals surface area contributed by atoms with Gasteiger partial charge in [0.15, 0.2) is 11.0 Å². The van der Waals surface area contributed by atoms with Gasteiger partial charge in [0.05, 0.1) is 12.7 Å². The minimum atomic E-state index is -0.545. The third-order valence-corrected chi connectivity index (χ3v) is 5.66. The number of hydrogen-bond donors (Lipinski definition) is 0. The smallest absolute Gasteiger partial charge is 0.191 e. The summed E-state index contributed by atoms with van der Waals surface area (Å²) in [5, 5.41) is 9.38. The van der Waals surface area contributed by atoms with E-state index >= 15 is 0 Å². The topological polar surface area (TPSA) is 39.9 Å². The Morgan fingerprint density at radius 3 is 2.76 bits per heavy atom. The second kappa shape index (κ2) is 5.71. The SMILES string of the molecule is COc1ccccc1-c1nnc(SC[C@H]2CC2(Cl)Cl)n1C. The Bertz CT molecular complexity index is 659. The Balaban J connectivity index is 1.79. The van der Waals surface area contributed by atoms with Crippen molar-refractivity contribution in [2.45, 2.75) is 15.9 Å². The normalized spacial score (nSPS) is 19.5. The molecule has 1 atom stereocenters. The van der Waals surface area contributed by atoms with Crippen LogP contribution in [0.3, 0.4) is 0 Å². The number of nitrogens with zero attached hydrogens (tertiary/aromatic N) is 3. The highest BCUT2D eigenvalue weighted by atomic mass is 35.5. The Labute approximate surface area is 137 Å². The predicted octanol–water partition coefficient (Wildman–Crippen LogP) is 3.78. The summed E-state index contributed by atoms with van der Waals surface area (Å²) in [6.45, 7) is 0. The van der Waals surface area contributed by atoms with Crippen LogP contribution in [0, 0.1) is 5.92 Å². The molecule has 1 heterocycles. The molecule has 2 aromatic rings. The molecule has 112 valence electrons. The molecule has 0 spiro atoms. The van der Waals surface area contributed by atoms with E-state index in [0.717, 1.165) is 34.5 Å². The van der Waals surface area contributed by atoms with Gasteiger partial charge in [0.1, 0.15) is 10.1 Å². The van der Waals surface area contributed by atoms with Crippen molar-refractivity contribution in [1.82, 2.24) is 14.8 Å². The number of halogens is 2. The summed E-state index contributed by atoms with van der Waals surface area (Å²) in [4.78, 5) is 0. The van der Waals surface area contributed by atoms with Gasteiger partial charge in [-0.05, 0) is 18.6 Å². The highest BCUT2D eigenvalue weighted by Crippen LogP contribution is 2.54. The minimum Gasteiger partial charge on any atom is -0.496 e. The van der Waals surface area contributed by atoms with E-state index in [0.29, 0.717) is 5.92 Å². The van der Waals surface area contributed by atoms with E-state index < -0.39 is 4.33 Å². The third-order valence-electron chi connectivity index (χ3n) is 3.55. The molecule has 4 nitrogen and oxygen atoms in total. The van der Waals surface area contributed by atoms with E-state index in [1.54, 1.807) is 18.9 Å². The molecule has 1 saturated carbocycles. The summed E-state index contributed by atoms with van der Waals surface area (Å²) < 4.78 is 6.80. The quantitative estimate of drug-likeness (QED) is 0.611. The maximum absolute atomic E-state index is 6.05. The van der Waals surface area contributed by atoms with Crippen LogP contribution >= 0.6 is 35.0 Å². The van der Waals surface area contributed by atoms with Crippen molar-refractivity contribution in [2.75, 3.05) is 12.9 Å². The molecule has 0 bridgehead atoms. The molecule has 0 radical (unpaired) electrons. The van der Waals surface area contributed by atoms with E-state index in [1.807, 2.05) is 35.9 Å². The van der Waals surface area contributed by atoms with Crippen molar-refractivity contribution >= 4 is 35.0 Å². The van der Waals surface area contributed by atoms with Crippen LogP contribution in [0.4, 0.5) is 0 Å². The van der Waals surface area contributed by atoms with Gasteiger partial charge in [-0.15, -0.1) is 33.4 Å². The van der Waals surface area contributed by atoms with Crippen molar-refractivity contribution in [3.8, 4) is 17.1 Å². The Hall–Kier alpha value is -0.910. The van der Waals surface area contributed by atoms with Gasteiger partial charge in [0.2, 0.25) is 0 Å². The molecular formula is C14H15Cl2N3OS. The molecule has 0 saturated heterocycles. The zero-order valence-electron chi connectivity index (χ0n) is 11.7. The lowest BCUT2D eigenvalue weighted by Crippen LogP contribution is -1.99. The first kappa shape index (κ1) is 15.0. The van der Waals surface area contributed by atoms with Crippen LogP contribution < -0.4 is 4.74 Å². The summed E-state index contributed by atoms with van der Waals surface area (Å²) in [5.74, 6) is 2.75. The van der Waals surface area contributed by atoms with Crippen LogP contribution in [-0.4, -0.2) is 32.0 Å². The number of benzene rings is 1. The summed E-state index contributed by atoms with van der Waals surface area (Å²) in [7, 11) is 3.60. The molecule has 7 heteroatoms. The average molecular weight is 344 g/mol. The molecule has 3 rings (SSSR count). The van der Waals surface area contributed by atoms with Crippen molar-refractivity contribution in [2.24, 2.45) is 13.0 Å². The van der Waals surface area contributed by atoms with Crippen molar-refractivity contribution in [1.29, 1.82) is 0 Å². The fourth-order valence-corrected chi connectivity index (χ4v) is 3.97. The molecule has 21 heavy (non-hydrogen) atoms. The number of methoxy groups -OCH3 is 1. The zero-order valence-corrected chi connectivity index (χ0v) is 14.0. The molecule has 1 fully saturated rings. The van der Waals surface area contributed by atoms with Crippen LogP contribution in [0.25, 0.3) is 11.4 Å². The van der Waals surface area contributed by atoms with Crippen LogP contribution in [0.5, 0.6) is 5.75 Å². The number of thioether (sulfide) groups is 1. The lowest BCUT2D eigenvalue weighted by Gasteiger charge is -2.08. The van der Waals surface area contributed by atoms with E-state index in [2.05, 4.69) is 10.2 Å². The summed E-state index contributed by atoms with van der Waals surface area (Å²) in [6, 6.07) is 7.78. The fourth-order valence-electron chi connectivity index (χ4n) is 2.13. The van der Waals surface area contributed by atoms with E-state index in [4.69, 9.17) is 27.9 Å². The molecule has 1 aromatic carbocycles. The maximum Gasteiger partial charge on any atom is 0.191 e. The molecule has 1 aromatic heterocycles. The second-order valence-electron chi connectivity index (χ2n) is 5.04. The zero-order chi connectivity index (χ0) is 15.0. The van der Waals surface area contributed by atoms with Gasteiger partial charge in [0.25, 0.3) is 0 Å². The van der Waals surface area contributed by atoms with Gasteiger partial charge in [-0.3, -0.25) is 0 Å². The molecular weight excluding hydrogens is 329 g/mol. The average Bonchev–Trinajstić information content (AvgIpc) is 2.92. The fraction of sp³-hybridized carbons (Fsp3) is 0.429. The lowest BCUT2D eigenvalue weighted by molar-refractivity contribution is 0.416. The first-order chi connectivity index (χ1) is 10.0. The standard InChI is InChI=1S/C14H15Cl2N3OS/c1-19-12(10-5-3-4-6-11(10)20-2)17-18-13(19)21-8-9-7-14(9,15)16/h3-6,9H,7-8H2,1-2H3/t9-/m1/s1. The van der Waals surface area contributed by atoms with Crippen LogP contribution in [-0.2, 0) is 7.05 Å². The number of aromatic nitrogens is 3. The Morgan fingerprint density at radius 2 is 2.10 bits per heavy atom. The number of para-hydroxylation sites is 1. The maximum atomic E-state index is 6.05. The molecule has 1 aliphatic rings. The van der Waals surface area contributed by atoms with Crippen molar-refractivity contribution in [3.05, 3.63) is 24.3 Å². The van der Waals surface area contributed by atoms with Gasteiger partial charge in [-0.2, -0.15) is 0 Å². The number of rotatable bonds is 5. The number of alkyl halides is 2. The molecule has 0 unspecified atom stereocenters. The highest BCUT2D eigenvalue weighted by molar-refractivity contribution is 7.99. The van der Waals surface area contributed by atoms with E-state index in [-0.39, 0.29) is 0 Å².